The third-order valence-electron chi connectivity index (χ3n) is 1.69. The van der Waals surface area contributed by atoms with Crippen LogP contribution in [0.4, 0.5) is 0 Å². The SMILES string of the molecule is C=CCCCC(=O)CCC=CC. The average Bonchev–Trinajstić information content (AvgIpc) is 2.06. The number of Topliss-reactive ketones (excluding diaryl/α,β-unsaturated/α-hetero) is 1. The van der Waals surface area contributed by atoms with E-state index >= 15 is 0 Å². The fourth-order valence-electron chi connectivity index (χ4n) is 0.980. The monoisotopic (exact) mass is 166 g/mol. The summed E-state index contributed by atoms with van der Waals surface area (Å²) in [6.45, 7) is 5.58. The second-order valence-corrected chi connectivity index (χ2v) is 2.83. The summed E-state index contributed by atoms with van der Waals surface area (Å²) in [4.78, 5) is 11.1. The van der Waals surface area contributed by atoms with Crippen LogP contribution in [0.5, 0.6) is 0 Å². The van der Waals surface area contributed by atoms with Crippen LogP contribution >= 0.6 is 0 Å². The van der Waals surface area contributed by atoms with Crippen LogP contribution in [0.15, 0.2) is 24.8 Å². The standard InChI is InChI=1S/C11H18O/c1-3-5-7-9-11(12)10-8-6-4-2/h3-4,6H,1,5,7-10H2,2H3. The number of ketones is 1. The van der Waals surface area contributed by atoms with Crippen molar-refractivity contribution >= 4 is 5.78 Å². The number of hydrogen-bond acceptors (Lipinski definition) is 1. The molecular formula is C11H18O. The number of hydrogen-bond donors (Lipinski definition) is 0. The van der Waals surface area contributed by atoms with Crippen LogP contribution in [-0.4, -0.2) is 5.78 Å². The summed E-state index contributed by atoms with van der Waals surface area (Å²) >= 11 is 0. The van der Waals surface area contributed by atoms with E-state index in [1.54, 1.807) is 0 Å². The first-order chi connectivity index (χ1) is 5.81. The first kappa shape index (κ1) is 11.2. The first-order valence-corrected chi connectivity index (χ1v) is 4.55. The third kappa shape index (κ3) is 7.26. The van der Waals surface area contributed by atoms with Crippen molar-refractivity contribution < 1.29 is 4.79 Å². The Labute approximate surface area is 75.2 Å². The zero-order valence-corrected chi connectivity index (χ0v) is 7.88. The van der Waals surface area contributed by atoms with Gasteiger partial charge in [0.15, 0.2) is 0 Å². The quantitative estimate of drug-likeness (QED) is 0.419. The van der Waals surface area contributed by atoms with E-state index < -0.39 is 0 Å². The minimum absolute atomic E-state index is 0.370. The molecule has 0 bridgehead atoms. The molecule has 0 aliphatic carbocycles. The van der Waals surface area contributed by atoms with Gasteiger partial charge in [0.1, 0.15) is 5.78 Å². The molecule has 0 aliphatic heterocycles. The Kier molecular flexibility index (Phi) is 7.66. The van der Waals surface area contributed by atoms with E-state index in [1.807, 2.05) is 25.2 Å². The Morgan fingerprint density at radius 2 is 2.08 bits per heavy atom. The maximum atomic E-state index is 11.1. The van der Waals surface area contributed by atoms with Crippen molar-refractivity contribution in [2.24, 2.45) is 0 Å². The van der Waals surface area contributed by atoms with Gasteiger partial charge in [0.05, 0.1) is 0 Å². The van der Waals surface area contributed by atoms with Crippen LogP contribution in [0.1, 0.15) is 39.0 Å². The highest BCUT2D eigenvalue weighted by atomic mass is 16.1. The van der Waals surface area contributed by atoms with Crippen molar-refractivity contribution in [2.75, 3.05) is 0 Å². The van der Waals surface area contributed by atoms with E-state index in [1.165, 1.54) is 0 Å². The molecule has 0 aromatic heterocycles. The Morgan fingerprint density at radius 1 is 1.33 bits per heavy atom. The highest BCUT2D eigenvalue weighted by molar-refractivity contribution is 5.78. The lowest BCUT2D eigenvalue weighted by Gasteiger charge is -1.95. The highest BCUT2D eigenvalue weighted by Gasteiger charge is 1.98. The van der Waals surface area contributed by atoms with Gasteiger partial charge in [-0.15, -0.1) is 6.58 Å². The molecule has 12 heavy (non-hydrogen) atoms. The van der Waals surface area contributed by atoms with E-state index in [2.05, 4.69) is 6.58 Å². The van der Waals surface area contributed by atoms with Gasteiger partial charge in [0.2, 0.25) is 0 Å². The minimum atomic E-state index is 0.370. The van der Waals surface area contributed by atoms with Gasteiger partial charge in [0, 0.05) is 12.8 Å². The van der Waals surface area contributed by atoms with Crippen molar-refractivity contribution in [2.45, 2.75) is 39.0 Å². The molecule has 68 valence electrons. The second-order valence-electron chi connectivity index (χ2n) is 2.83. The lowest BCUT2D eigenvalue weighted by molar-refractivity contribution is -0.119. The van der Waals surface area contributed by atoms with Gasteiger partial charge in [-0.3, -0.25) is 4.79 Å². The minimum Gasteiger partial charge on any atom is -0.300 e. The molecule has 0 aliphatic rings. The maximum absolute atomic E-state index is 11.1. The number of carbonyl (C=O) groups excluding carboxylic acids is 1. The summed E-state index contributed by atoms with van der Waals surface area (Å²) < 4.78 is 0. The van der Waals surface area contributed by atoms with Gasteiger partial charge in [-0.05, 0) is 26.2 Å². The van der Waals surface area contributed by atoms with E-state index in [-0.39, 0.29) is 0 Å². The van der Waals surface area contributed by atoms with Crippen LogP contribution in [-0.2, 0) is 4.79 Å². The molecule has 0 saturated carbocycles. The molecule has 0 fully saturated rings. The van der Waals surface area contributed by atoms with Crippen molar-refractivity contribution in [3.8, 4) is 0 Å². The van der Waals surface area contributed by atoms with Crippen molar-refractivity contribution in [3.05, 3.63) is 24.8 Å². The molecule has 0 aromatic carbocycles. The van der Waals surface area contributed by atoms with E-state index in [0.717, 1.165) is 19.3 Å². The van der Waals surface area contributed by atoms with Gasteiger partial charge < -0.3 is 0 Å². The fraction of sp³-hybridized carbons (Fsp3) is 0.545. The predicted octanol–water partition coefficient (Wildman–Crippen LogP) is 3.27. The molecule has 0 N–H and O–H groups in total. The summed E-state index contributed by atoms with van der Waals surface area (Å²) in [5.41, 5.74) is 0. The maximum Gasteiger partial charge on any atom is 0.133 e. The summed E-state index contributed by atoms with van der Waals surface area (Å²) in [6.07, 6.45) is 10.1. The van der Waals surface area contributed by atoms with Crippen LogP contribution in [0.25, 0.3) is 0 Å². The zero-order chi connectivity index (χ0) is 9.23. The number of rotatable bonds is 7. The Hall–Kier alpha value is -0.850. The van der Waals surface area contributed by atoms with Crippen LogP contribution < -0.4 is 0 Å². The van der Waals surface area contributed by atoms with Crippen LogP contribution in [0.3, 0.4) is 0 Å². The third-order valence-corrected chi connectivity index (χ3v) is 1.69. The molecule has 1 nitrogen and oxygen atoms in total. The zero-order valence-electron chi connectivity index (χ0n) is 7.88. The van der Waals surface area contributed by atoms with Crippen molar-refractivity contribution in [1.82, 2.24) is 0 Å². The van der Waals surface area contributed by atoms with Crippen molar-refractivity contribution in [1.29, 1.82) is 0 Å². The second kappa shape index (κ2) is 8.25. The van der Waals surface area contributed by atoms with Crippen LogP contribution in [0.2, 0.25) is 0 Å². The Balaban J connectivity index is 3.27. The van der Waals surface area contributed by atoms with Gasteiger partial charge in [-0.25, -0.2) is 0 Å². The molecule has 0 unspecified atom stereocenters. The number of carbonyl (C=O) groups is 1. The number of unbranched alkanes of at least 4 members (excludes halogenated alkanes) is 1. The van der Waals surface area contributed by atoms with Gasteiger partial charge in [-0.1, -0.05) is 18.2 Å². The van der Waals surface area contributed by atoms with E-state index in [0.29, 0.717) is 18.6 Å². The highest BCUT2D eigenvalue weighted by Crippen LogP contribution is 2.02. The Bertz CT molecular complexity index is 156. The largest absolute Gasteiger partial charge is 0.300 e. The molecule has 0 aromatic rings. The van der Waals surface area contributed by atoms with Gasteiger partial charge in [-0.2, -0.15) is 0 Å². The van der Waals surface area contributed by atoms with Gasteiger partial charge >= 0.3 is 0 Å². The lowest BCUT2D eigenvalue weighted by atomic mass is 10.1. The molecule has 0 amide bonds. The van der Waals surface area contributed by atoms with Crippen LogP contribution in [0, 0.1) is 0 Å². The molecule has 0 saturated heterocycles. The fourth-order valence-corrected chi connectivity index (χ4v) is 0.980. The average molecular weight is 166 g/mol. The normalized spacial score (nSPS) is 10.4. The first-order valence-electron chi connectivity index (χ1n) is 4.55. The summed E-state index contributed by atoms with van der Waals surface area (Å²) in [7, 11) is 0. The predicted molar refractivity (Wildman–Crippen MR) is 53.1 cm³/mol. The topological polar surface area (TPSA) is 17.1 Å². The molecule has 0 spiro atoms. The van der Waals surface area contributed by atoms with E-state index in [4.69, 9.17) is 0 Å². The molecule has 0 radical (unpaired) electrons. The number of allylic oxidation sites excluding steroid dienone is 3. The molecular weight excluding hydrogens is 148 g/mol. The smallest absolute Gasteiger partial charge is 0.133 e. The Morgan fingerprint density at radius 3 is 2.67 bits per heavy atom. The summed E-state index contributed by atoms with van der Waals surface area (Å²) in [5, 5.41) is 0. The van der Waals surface area contributed by atoms with E-state index in [9.17, 15) is 4.79 Å². The molecule has 0 heterocycles. The van der Waals surface area contributed by atoms with Crippen molar-refractivity contribution in [3.63, 3.8) is 0 Å². The van der Waals surface area contributed by atoms with Gasteiger partial charge in [0.25, 0.3) is 0 Å². The lowest BCUT2D eigenvalue weighted by Crippen LogP contribution is -1.95. The summed E-state index contributed by atoms with van der Waals surface area (Å²) in [6, 6.07) is 0. The molecule has 0 rings (SSSR count). The molecule has 0 atom stereocenters. The summed E-state index contributed by atoms with van der Waals surface area (Å²) in [5.74, 6) is 0.370. The molecule has 1 heteroatoms.